The van der Waals surface area contributed by atoms with E-state index in [9.17, 15) is 0 Å². The third-order valence-electron chi connectivity index (χ3n) is 5.16. The summed E-state index contributed by atoms with van der Waals surface area (Å²) < 4.78 is 0. The highest BCUT2D eigenvalue weighted by molar-refractivity contribution is 7.19. The second-order valence-corrected chi connectivity index (χ2v) is 10.0. The van der Waals surface area contributed by atoms with Gasteiger partial charge in [0, 0.05) is 35.4 Å². The first kappa shape index (κ1) is 19.3. The zero-order valence-corrected chi connectivity index (χ0v) is 17.8. The lowest BCUT2D eigenvalue weighted by Gasteiger charge is -2.23. The van der Waals surface area contributed by atoms with Gasteiger partial charge in [-0.25, -0.2) is 9.97 Å². The molecule has 3 heterocycles. The van der Waals surface area contributed by atoms with Crippen molar-refractivity contribution in [1.82, 2.24) is 15.0 Å². The van der Waals surface area contributed by atoms with Crippen LogP contribution < -0.4 is 11.1 Å². The fraction of sp³-hybridized carbons (Fsp3) is 0.500. The van der Waals surface area contributed by atoms with Gasteiger partial charge in [-0.05, 0) is 55.2 Å². The van der Waals surface area contributed by atoms with E-state index in [1.165, 1.54) is 28.7 Å². The SMILES string of the molecule is CC(C)(C)C[C@H](N)CNc1nc(-c2ccncc2)nc2sc3c(c12)CCCC3. The van der Waals surface area contributed by atoms with Gasteiger partial charge in [0.25, 0.3) is 0 Å². The van der Waals surface area contributed by atoms with Crippen LogP contribution >= 0.6 is 11.3 Å². The highest BCUT2D eigenvalue weighted by Crippen LogP contribution is 2.39. The fourth-order valence-corrected chi connectivity index (χ4v) is 5.26. The molecule has 1 atom stereocenters. The van der Waals surface area contributed by atoms with Crippen LogP contribution in [0.15, 0.2) is 24.5 Å². The molecule has 148 valence electrons. The molecule has 0 radical (unpaired) electrons. The average molecular weight is 396 g/mol. The van der Waals surface area contributed by atoms with Crippen LogP contribution in [0.25, 0.3) is 21.6 Å². The van der Waals surface area contributed by atoms with Crippen LogP contribution in [0.4, 0.5) is 5.82 Å². The first-order valence-electron chi connectivity index (χ1n) is 10.1. The fourth-order valence-electron chi connectivity index (χ4n) is 4.00. The highest BCUT2D eigenvalue weighted by Gasteiger charge is 2.22. The molecule has 4 rings (SSSR count). The molecule has 6 heteroatoms. The maximum Gasteiger partial charge on any atom is 0.163 e. The molecule has 0 aromatic carbocycles. The van der Waals surface area contributed by atoms with Crippen molar-refractivity contribution < 1.29 is 0 Å². The highest BCUT2D eigenvalue weighted by atomic mass is 32.1. The van der Waals surface area contributed by atoms with Crippen molar-refractivity contribution in [2.45, 2.75) is 58.9 Å². The Kier molecular flexibility index (Phi) is 5.34. The maximum absolute atomic E-state index is 6.40. The topological polar surface area (TPSA) is 76.7 Å². The molecule has 1 aliphatic rings. The number of nitrogens with two attached hydrogens (primary N) is 1. The summed E-state index contributed by atoms with van der Waals surface area (Å²) in [6.45, 7) is 7.40. The minimum Gasteiger partial charge on any atom is -0.368 e. The van der Waals surface area contributed by atoms with Crippen LogP contribution in [0.1, 0.15) is 50.5 Å². The van der Waals surface area contributed by atoms with Gasteiger partial charge in [-0.15, -0.1) is 11.3 Å². The van der Waals surface area contributed by atoms with Gasteiger partial charge in [0.2, 0.25) is 0 Å². The molecule has 5 nitrogen and oxygen atoms in total. The van der Waals surface area contributed by atoms with Gasteiger partial charge in [-0.2, -0.15) is 0 Å². The van der Waals surface area contributed by atoms with Crippen LogP contribution in [-0.2, 0) is 12.8 Å². The molecule has 0 unspecified atom stereocenters. The van der Waals surface area contributed by atoms with E-state index in [-0.39, 0.29) is 11.5 Å². The molecule has 0 aliphatic heterocycles. The number of anilines is 1. The van der Waals surface area contributed by atoms with E-state index in [0.717, 1.165) is 41.3 Å². The van der Waals surface area contributed by atoms with Crippen LogP contribution in [0.2, 0.25) is 0 Å². The van der Waals surface area contributed by atoms with Gasteiger partial charge < -0.3 is 11.1 Å². The number of hydrogen-bond donors (Lipinski definition) is 2. The van der Waals surface area contributed by atoms with Gasteiger partial charge in [-0.1, -0.05) is 20.8 Å². The molecule has 0 spiro atoms. The lowest BCUT2D eigenvalue weighted by Crippen LogP contribution is -2.33. The molecule has 0 fully saturated rings. The molecule has 28 heavy (non-hydrogen) atoms. The van der Waals surface area contributed by atoms with E-state index in [1.807, 2.05) is 23.5 Å². The van der Waals surface area contributed by atoms with Gasteiger partial charge >= 0.3 is 0 Å². The Morgan fingerprint density at radius 1 is 1.14 bits per heavy atom. The lowest BCUT2D eigenvalue weighted by atomic mass is 9.88. The summed E-state index contributed by atoms with van der Waals surface area (Å²) in [6.07, 6.45) is 9.33. The van der Waals surface area contributed by atoms with E-state index in [1.54, 1.807) is 12.4 Å². The Labute approximate surface area is 170 Å². The monoisotopic (exact) mass is 395 g/mol. The molecular formula is C22H29N5S. The second-order valence-electron chi connectivity index (χ2n) is 8.93. The summed E-state index contributed by atoms with van der Waals surface area (Å²) >= 11 is 1.83. The van der Waals surface area contributed by atoms with Crippen LogP contribution in [-0.4, -0.2) is 27.5 Å². The quantitative estimate of drug-likeness (QED) is 0.648. The smallest absolute Gasteiger partial charge is 0.163 e. The van der Waals surface area contributed by atoms with E-state index < -0.39 is 0 Å². The van der Waals surface area contributed by atoms with Crippen molar-refractivity contribution in [1.29, 1.82) is 0 Å². The third-order valence-corrected chi connectivity index (χ3v) is 6.35. The molecule has 3 aromatic rings. The minimum atomic E-state index is 0.0869. The largest absolute Gasteiger partial charge is 0.368 e. The molecule has 0 amide bonds. The van der Waals surface area contributed by atoms with Crippen molar-refractivity contribution >= 4 is 27.4 Å². The Morgan fingerprint density at radius 2 is 1.89 bits per heavy atom. The summed E-state index contributed by atoms with van der Waals surface area (Å²) in [4.78, 5) is 16.5. The number of thiophene rings is 1. The number of aromatic nitrogens is 3. The number of nitrogens with one attached hydrogen (secondary N) is 1. The third kappa shape index (κ3) is 4.18. The van der Waals surface area contributed by atoms with Gasteiger partial charge in [0.05, 0.1) is 5.39 Å². The summed E-state index contributed by atoms with van der Waals surface area (Å²) in [5, 5.41) is 4.78. The number of aryl methyl sites for hydroxylation is 2. The normalized spacial score (nSPS) is 15.4. The Balaban J connectivity index is 1.72. The molecule has 0 bridgehead atoms. The summed E-state index contributed by atoms with van der Waals surface area (Å²) in [7, 11) is 0. The Morgan fingerprint density at radius 3 is 2.64 bits per heavy atom. The van der Waals surface area contributed by atoms with Gasteiger partial charge in [0.15, 0.2) is 5.82 Å². The number of fused-ring (bicyclic) bond motifs is 3. The van der Waals surface area contributed by atoms with E-state index in [2.05, 4.69) is 31.1 Å². The molecule has 0 saturated heterocycles. The van der Waals surface area contributed by atoms with Crippen LogP contribution in [0.5, 0.6) is 0 Å². The zero-order chi connectivity index (χ0) is 19.7. The van der Waals surface area contributed by atoms with Crippen molar-refractivity contribution in [3.05, 3.63) is 35.0 Å². The summed E-state index contributed by atoms with van der Waals surface area (Å²) in [6, 6.07) is 4.01. The second kappa shape index (κ2) is 7.76. The number of rotatable bonds is 5. The average Bonchev–Trinajstić information content (AvgIpc) is 3.04. The molecule has 3 N–H and O–H groups in total. The van der Waals surface area contributed by atoms with E-state index in [0.29, 0.717) is 6.54 Å². The number of hydrogen-bond acceptors (Lipinski definition) is 6. The van der Waals surface area contributed by atoms with E-state index in [4.69, 9.17) is 15.7 Å². The van der Waals surface area contributed by atoms with Gasteiger partial charge in [0.1, 0.15) is 10.6 Å². The first-order chi connectivity index (χ1) is 13.4. The summed E-state index contributed by atoms with van der Waals surface area (Å²) in [5.41, 5.74) is 9.05. The zero-order valence-electron chi connectivity index (χ0n) is 17.0. The maximum atomic E-state index is 6.40. The van der Waals surface area contributed by atoms with Crippen molar-refractivity contribution in [2.24, 2.45) is 11.1 Å². The van der Waals surface area contributed by atoms with Crippen molar-refractivity contribution in [3.63, 3.8) is 0 Å². The Bertz CT molecular complexity index is 958. The molecule has 0 saturated carbocycles. The van der Waals surface area contributed by atoms with Gasteiger partial charge in [-0.3, -0.25) is 4.98 Å². The predicted molar refractivity (Wildman–Crippen MR) is 118 cm³/mol. The van der Waals surface area contributed by atoms with Crippen LogP contribution in [0, 0.1) is 5.41 Å². The van der Waals surface area contributed by atoms with Crippen LogP contribution in [0.3, 0.4) is 0 Å². The lowest BCUT2D eigenvalue weighted by molar-refractivity contribution is 0.344. The molecule has 3 aromatic heterocycles. The Hall–Kier alpha value is -2.05. The standard InChI is InChI=1S/C22H29N5S/c1-22(2,3)12-15(23)13-25-20-18-16-6-4-5-7-17(16)28-21(18)27-19(26-20)14-8-10-24-11-9-14/h8-11,15H,4-7,12-13,23H2,1-3H3,(H,25,26,27)/t15-/m0/s1. The molecule has 1 aliphatic carbocycles. The first-order valence-corrected chi connectivity index (χ1v) is 10.9. The summed E-state index contributed by atoms with van der Waals surface area (Å²) in [5.74, 6) is 1.68. The number of pyridine rings is 1. The number of nitrogens with zero attached hydrogens (tertiary/aromatic N) is 3. The minimum absolute atomic E-state index is 0.0869. The van der Waals surface area contributed by atoms with Crippen molar-refractivity contribution in [2.75, 3.05) is 11.9 Å². The predicted octanol–water partition coefficient (Wildman–Crippen LogP) is 4.81. The van der Waals surface area contributed by atoms with Crippen molar-refractivity contribution in [3.8, 4) is 11.4 Å². The van der Waals surface area contributed by atoms with E-state index >= 15 is 0 Å². The molecular weight excluding hydrogens is 366 g/mol.